The smallest absolute Gasteiger partial charge is 0.414 e. The predicted molar refractivity (Wildman–Crippen MR) is 107 cm³/mol. The molecule has 3 N–H and O–H groups in total. The quantitative estimate of drug-likeness (QED) is 0.487. The van der Waals surface area contributed by atoms with Crippen LogP contribution >= 0.6 is 0 Å². The highest BCUT2D eigenvalue weighted by Gasteiger charge is 2.04. The van der Waals surface area contributed by atoms with Gasteiger partial charge in [-0.15, -0.1) is 0 Å². The molecule has 0 atom stereocenters. The first-order chi connectivity index (χ1) is 13.0. The Morgan fingerprint density at radius 1 is 0.852 bits per heavy atom. The molecule has 0 saturated heterocycles. The molecule has 0 aromatic heterocycles. The Labute approximate surface area is 160 Å². The number of carboxylic acids is 2. The number of aliphatic carboxylic acids is 2. The fraction of sp³-hybridized carbons (Fsp3) is 0.333. The summed E-state index contributed by atoms with van der Waals surface area (Å²) < 4.78 is 0. The van der Waals surface area contributed by atoms with Crippen molar-refractivity contribution in [1.82, 2.24) is 5.32 Å². The van der Waals surface area contributed by atoms with E-state index in [1.165, 1.54) is 16.8 Å². The molecule has 0 fully saturated rings. The van der Waals surface area contributed by atoms with E-state index in [4.69, 9.17) is 19.8 Å². The van der Waals surface area contributed by atoms with Crippen LogP contribution in [0.5, 0.6) is 0 Å². The number of carbonyl (C=O) groups is 2. The second-order valence-electron chi connectivity index (χ2n) is 5.86. The summed E-state index contributed by atoms with van der Waals surface area (Å²) in [6.45, 7) is 8.47. The van der Waals surface area contributed by atoms with Crippen molar-refractivity contribution in [2.45, 2.75) is 26.8 Å². The van der Waals surface area contributed by atoms with Gasteiger partial charge in [0.1, 0.15) is 0 Å². The summed E-state index contributed by atoms with van der Waals surface area (Å²) in [7, 11) is 0. The lowest BCUT2D eigenvalue weighted by Crippen LogP contribution is -2.21. The van der Waals surface area contributed by atoms with Gasteiger partial charge in [-0.25, -0.2) is 9.59 Å². The van der Waals surface area contributed by atoms with E-state index in [1.807, 2.05) is 0 Å². The zero-order chi connectivity index (χ0) is 20.1. The van der Waals surface area contributed by atoms with E-state index in [9.17, 15) is 0 Å². The third-order valence-corrected chi connectivity index (χ3v) is 4.01. The van der Waals surface area contributed by atoms with Gasteiger partial charge in [0.2, 0.25) is 0 Å². The lowest BCUT2D eigenvalue weighted by molar-refractivity contribution is -0.159. The minimum Gasteiger partial charge on any atom is -0.473 e. The van der Waals surface area contributed by atoms with Gasteiger partial charge < -0.3 is 20.4 Å². The fourth-order valence-electron chi connectivity index (χ4n) is 2.52. The maximum atomic E-state index is 9.10. The maximum Gasteiger partial charge on any atom is 0.414 e. The highest BCUT2D eigenvalue weighted by atomic mass is 16.4. The van der Waals surface area contributed by atoms with Crippen LogP contribution in [0.25, 0.3) is 0 Å². The van der Waals surface area contributed by atoms with Crippen molar-refractivity contribution in [2.24, 2.45) is 0 Å². The van der Waals surface area contributed by atoms with E-state index in [0.717, 1.165) is 32.6 Å². The molecule has 0 aliphatic heterocycles. The second kappa shape index (κ2) is 12.5. The Balaban J connectivity index is 0.000000527. The summed E-state index contributed by atoms with van der Waals surface area (Å²) in [6, 6.07) is 19.5. The SMILES string of the molecule is CCN(CC)c1ccc(CNCCc2ccccc2)cc1.O=C(O)C(=O)O. The van der Waals surface area contributed by atoms with Gasteiger partial charge in [-0.2, -0.15) is 0 Å². The molecule has 0 amide bonds. The molecule has 0 radical (unpaired) electrons. The Morgan fingerprint density at radius 3 is 1.89 bits per heavy atom. The molecule has 2 aromatic carbocycles. The van der Waals surface area contributed by atoms with Crippen molar-refractivity contribution in [3.8, 4) is 0 Å². The lowest BCUT2D eigenvalue weighted by atomic mass is 10.1. The maximum absolute atomic E-state index is 9.10. The second-order valence-corrected chi connectivity index (χ2v) is 5.86. The summed E-state index contributed by atoms with van der Waals surface area (Å²) in [4.78, 5) is 20.6. The minimum atomic E-state index is -1.82. The normalized spacial score (nSPS) is 9.85. The van der Waals surface area contributed by atoms with Gasteiger partial charge >= 0.3 is 11.9 Å². The van der Waals surface area contributed by atoms with Gasteiger partial charge in [0.25, 0.3) is 0 Å². The van der Waals surface area contributed by atoms with Crippen molar-refractivity contribution < 1.29 is 19.8 Å². The van der Waals surface area contributed by atoms with Gasteiger partial charge in [0.15, 0.2) is 0 Å². The molecule has 0 saturated carbocycles. The van der Waals surface area contributed by atoms with Crippen molar-refractivity contribution in [3.63, 3.8) is 0 Å². The standard InChI is InChI=1S/C19H26N2.C2H2O4/c1-3-21(4-2)19-12-10-18(11-13-19)16-20-15-14-17-8-6-5-7-9-17;3-1(4)2(5)6/h5-13,20H,3-4,14-16H2,1-2H3;(H,3,4)(H,5,6). The van der Waals surface area contributed by atoms with Crippen LogP contribution in [0.15, 0.2) is 54.6 Å². The number of carboxylic acid groups (broad SMARTS) is 2. The van der Waals surface area contributed by atoms with Crippen LogP contribution in [0, 0.1) is 0 Å². The van der Waals surface area contributed by atoms with Crippen molar-refractivity contribution >= 4 is 17.6 Å². The summed E-state index contributed by atoms with van der Waals surface area (Å²) in [5.74, 6) is -3.65. The van der Waals surface area contributed by atoms with Gasteiger partial charge in [0, 0.05) is 25.3 Å². The largest absolute Gasteiger partial charge is 0.473 e. The number of nitrogens with one attached hydrogen (secondary N) is 1. The molecule has 2 aromatic rings. The zero-order valence-electron chi connectivity index (χ0n) is 15.9. The molecule has 0 unspecified atom stereocenters. The molecule has 0 aliphatic rings. The first-order valence-electron chi connectivity index (χ1n) is 9.02. The first kappa shape index (κ1) is 22.2. The Kier molecular flexibility index (Phi) is 10.3. The van der Waals surface area contributed by atoms with Crippen LogP contribution in [-0.2, 0) is 22.6 Å². The van der Waals surface area contributed by atoms with Crippen LogP contribution in [0.1, 0.15) is 25.0 Å². The van der Waals surface area contributed by atoms with Crippen LogP contribution < -0.4 is 10.2 Å². The topological polar surface area (TPSA) is 89.9 Å². The first-order valence-corrected chi connectivity index (χ1v) is 9.02. The number of hydrogen-bond donors (Lipinski definition) is 3. The Morgan fingerprint density at radius 2 is 1.41 bits per heavy atom. The van der Waals surface area contributed by atoms with E-state index in [0.29, 0.717) is 0 Å². The van der Waals surface area contributed by atoms with Gasteiger partial charge in [-0.1, -0.05) is 42.5 Å². The van der Waals surface area contributed by atoms with Crippen molar-refractivity contribution in [2.75, 3.05) is 24.5 Å². The molecule has 0 bridgehead atoms. The lowest BCUT2D eigenvalue weighted by Gasteiger charge is -2.21. The number of hydrogen-bond acceptors (Lipinski definition) is 4. The van der Waals surface area contributed by atoms with Crippen LogP contribution in [0.3, 0.4) is 0 Å². The summed E-state index contributed by atoms with van der Waals surface area (Å²) >= 11 is 0. The molecular weight excluding hydrogens is 344 g/mol. The molecule has 27 heavy (non-hydrogen) atoms. The summed E-state index contributed by atoms with van der Waals surface area (Å²) in [6.07, 6.45) is 1.08. The molecule has 0 aliphatic carbocycles. The molecule has 146 valence electrons. The van der Waals surface area contributed by atoms with Crippen molar-refractivity contribution in [3.05, 3.63) is 65.7 Å². The summed E-state index contributed by atoms with van der Waals surface area (Å²) in [5, 5.41) is 18.3. The van der Waals surface area contributed by atoms with Crippen LogP contribution in [0.2, 0.25) is 0 Å². The Hall–Kier alpha value is -2.86. The molecule has 6 heteroatoms. The zero-order valence-corrected chi connectivity index (χ0v) is 15.9. The number of rotatable bonds is 8. The minimum absolute atomic E-state index is 0.936. The monoisotopic (exact) mass is 372 g/mol. The predicted octanol–water partition coefficient (Wildman–Crippen LogP) is 3.02. The van der Waals surface area contributed by atoms with E-state index < -0.39 is 11.9 Å². The highest BCUT2D eigenvalue weighted by molar-refractivity contribution is 6.27. The van der Waals surface area contributed by atoms with Crippen molar-refractivity contribution in [1.29, 1.82) is 0 Å². The van der Waals surface area contributed by atoms with Gasteiger partial charge in [-0.05, 0) is 50.1 Å². The van der Waals surface area contributed by atoms with Crippen LogP contribution in [-0.4, -0.2) is 41.8 Å². The number of anilines is 1. The molecule has 0 heterocycles. The number of benzene rings is 2. The average molecular weight is 372 g/mol. The summed E-state index contributed by atoms with van der Waals surface area (Å²) in [5.41, 5.74) is 4.05. The molecule has 2 rings (SSSR count). The van der Waals surface area contributed by atoms with Gasteiger partial charge in [0.05, 0.1) is 0 Å². The van der Waals surface area contributed by atoms with E-state index >= 15 is 0 Å². The molecular formula is C21H28N2O4. The van der Waals surface area contributed by atoms with E-state index in [2.05, 4.69) is 78.7 Å². The molecule has 0 spiro atoms. The van der Waals surface area contributed by atoms with E-state index in [-0.39, 0.29) is 0 Å². The third-order valence-electron chi connectivity index (χ3n) is 4.01. The average Bonchev–Trinajstić information content (AvgIpc) is 2.68. The highest BCUT2D eigenvalue weighted by Crippen LogP contribution is 2.14. The van der Waals surface area contributed by atoms with Crippen LogP contribution in [0.4, 0.5) is 5.69 Å². The fourth-order valence-corrected chi connectivity index (χ4v) is 2.52. The third kappa shape index (κ3) is 8.87. The Bertz CT molecular complexity index is 671. The number of nitrogens with zero attached hydrogens (tertiary/aromatic N) is 1. The van der Waals surface area contributed by atoms with E-state index in [1.54, 1.807) is 0 Å². The van der Waals surface area contributed by atoms with Gasteiger partial charge in [-0.3, -0.25) is 0 Å². The molecule has 6 nitrogen and oxygen atoms in total.